The molecule has 1 nitrogen and oxygen atoms in total. The highest BCUT2D eigenvalue weighted by atomic mass is 16.6. The normalized spacial score (nSPS) is 33.5. The van der Waals surface area contributed by atoms with Gasteiger partial charge in [0.15, 0.2) is 0 Å². The second-order valence-electron chi connectivity index (χ2n) is 4.79. The van der Waals surface area contributed by atoms with Gasteiger partial charge in [-0.25, -0.2) is 0 Å². The van der Waals surface area contributed by atoms with Gasteiger partial charge in [-0.3, -0.25) is 0 Å². The fourth-order valence-corrected chi connectivity index (χ4v) is 2.87. The van der Waals surface area contributed by atoms with Gasteiger partial charge in [0.2, 0.25) is 0 Å². The first-order chi connectivity index (χ1) is 7.35. The molecular formula is C14H18O. The molecule has 0 N–H and O–H groups in total. The van der Waals surface area contributed by atoms with E-state index in [4.69, 9.17) is 4.74 Å². The quantitative estimate of drug-likeness (QED) is 0.669. The summed E-state index contributed by atoms with van der Waals surface area (Å²) < 4.78 is 5.92. The van der Waals surface area contributed by atoms with Gasteiger partial charge in [-0.05, 0) is 30.4 Å². The molecule has 0 aromatic heterocycles. The summed E-state index contributed by atoms with van der Waals surface area (Å²) in [5, 5.41) is 0. The highest BCUT2D eigenvalue weighted by molar-refractivity contribution is 5.32. The van der Waals surface area contributed by atoms with Crippen LogP contribution in [0.4, 0.5) is 0 Å². The molecular weight excluding hydrogens is 184 g/mol. The van der Waals surface area contributed by atoms with Crippen molar-refractivity contribution in [2.75, 3.05) is 0 Å². The van der Waals surface area contributed by atoms with Crippen LogP contribution in [0, 0.1) is 0 Å². The number of benzene rings is 1. The minimum absolute atomic E-state index is 0.129. The average Bonchev–Trinajstić information content (AvgIpc) is 3.05. The van der Waals surface area contributed by atoms with Gasteiger partial charge in [0.05, 0.1) is 6.10 Å². The van der Waals surface area contributed by atoms with Crippen LogP contribution in [0.25, 0.3) is 0 Å². The first kappa shape index (κ1) is 9.41. The molecule has 1 heterocycles. The van der Waals surface area contributed by atoms with Gasteiger partial charge in [-0.15, -0.1) is 0 Å². The number of rotatable bonds is 2. The summed E-state index contributed by atoms with van der Waals surface area (Å²) >= 11 is 0. The Morgan fingerprint density at radius 3 is 2.73 bits per heavy atom. The minimum Gasteiger partial charge on any atom is -0.361 e. The van der Waals surface area contributed by atoms with Crippen LogP contribution >= 0.6 is 0 Å². The van der Waals surface area contributed by atoms with Crippen molar-refractivity contribution < 1.29 is 4.74 Å². The molecule has 3 rings (SSSR count). The van der Waals surface area contributed by atoms with Gasteiger partial charge < -0.3 is 4.74 Å². The molecule has 15 heavy (non-hydrogen) atoms. The highest BCUT2D eigenvalue weighted by Crippen LogP contribution is 2.55. The van der Waals surface area contributed by atoms with Crippen molar-refractivity contribution in [3.63, 3.8) is 0 Å². The second-order valence-corrected chi connectivity index (χ2v) is 4.79. The fourth-order valence-electron chi connectivity index (χ4n) is 2.87. The summed E-state index contributed by atoms with van der Waals surface area (Å²) in [5.74, 6) is 0. The van der Waals surface area contributed by atoms with Crippen molar-refractivity contribution in [3.05, 3.63) is 35.4 Å². The molecule has 2 fully saturated rings. The summed E-state index contributed by atoms with van der Waals surface area (Å²) in [6.07, 6.45) is 6.81. The zero-order valence-corrected chi connectivity index (χ0v) is 9.33. The van der Waals surface area contributed by atoms with Gasteiger partial charge in [-0.2, -0.15) is 0 Å². The fraction of sp³-hybridized carbons (Fsp3) is 0.571. The van der Waals surface area contributed by atoms with Crippen molar-refractivity contribution in [3.8, 4) is 0 Å². The van der Waals surface area contributed by atoms with Crippen LogP contribution in [0.3, 0.4) is 0 Å². The van der Waals surface area contributed by atoms with E-state index >= 15 is 0 Å². The van der Waals surface area contributed by atoms with Crippen molar-refractivity contribution in [1.29, 1.82) is 0 Å². The lowest BCUT2D eigenvalue weighted by molar-refractivity contribution is 0.289. The molecule has 1 saturated carbocycles. The number of epoxide rings is 1. The largest absolute Gasteiger partial charge is 0.361 e. The predicted molar refractivity (Wildman–Crippen MR) is 60.8 cm³/mol. The summed E-state index contributed by atoms with van der Waals surface area (Å²) in [4.78, 5) is 0. The Balaban J connectivity index is 1.87. The molecule has 2 atom stereocenters. The molecule has 0 bridgehead atoms. The number of hydrogen-bond donors (Lipinski definition) is 0. The Bertz CT molecular complexity index is 354. The summed E-state index contributed by atoms with van der Waals surface area (Å²) in [6, 6.07) is 9.03. The van der Waals surface area contributed by atoms with Crippen LogP contribution in [-0.2, 0) is 16.8 Å². The third-order valence-electron chi connectivity index (χ3n) is 3.93. The number of aryl methyl sites for hydroxylation is 1. The second kappa shape index (κ2) is 3.34. The molecule has 1 saturated heterocycles. The lowest BCUT2D eigenvalue weighted by atomic mass is 9.83. The lowest BCUT2D eigenvalue weighted by Gasteiger charge is -2.17. The Morgan fingerprint density at radius 1 is 1.27 bits per heavy atom. The molecule has 2 unspecified atom stereocenters. The van der Waals surface area contributed by atoms with Crippen LogP contribution in [-0.4, -0.2) is 6.10 Å². The van der Waals surface area contributed by atoms with E-state index in [1.807, 2.05) is 0 Å². The van der Waals surface area contributed by atoms with E-state index in [1.54, 1.807) is 0 Å². The zero-order chi connectivity index (χ0) is 10.3. The Labute approximate surface area is 91.5 Å². The summed E-state index contributed by atoms with van der Waals surface area (Å²) in [6.45, 7) is 2.20. The van der Waals surface area contributed by atoms with Gasteiger partial charge in [-0.1, -0.05) is 44.0 Å². The van der Waals surface area contributed by atoms with E-state index in [2.05, 4.69) is 31.2 Å². The number of fused-ring (bicyclic) bond motifs is 1. The van der Waals surface area contributed by atoms with E-state index in [0.717, 1.165) is 6.42 Å². The van der Waals surface area contributed by atoms with E-state index in [-0.39, 0.29) is 5.60 Å². The molecule has 0 spiro atoms. The van der Waals surface area contributed by atoms with Gasteiger partial charge in [0.1, 0.15) is 5.60 Å². The first-order valence-corrected chi connectivity index (χ1v) is 6.12. The Kier molecular flexibility index (Phi) is 2.10. The average molecular weight is 202 g/mol. The van der Waals surface area contributed by atoms with Crippen molar-refractivity contribution in [2.24, 2.45) is 0 Å². The smallest absolute Gasteiger partial charge is 0.120 e. The molecule has 80 valence electrons. The standard InChI is InChI=1S/C14H18O/c1-2-11-6-8-12(9-7-11)14-10-4-3-5-13(14)15-14/h6-9,13H,2-5,10H2,1H3. The van der Waals surface area contributed by atoms with Crippen LogP contribution in [0.1, 0.15) is 43.7 Å². The minimum atomic E-state index is 0.129. The maximum Gasteiger partial charge on any atom is 0.120 e. The molecule has 0 radical (unpaired) electrons. The van der Waals surface area contributed by atoms with E-state index in [1.165, 1.54) is 36.8 Å². The third-order valence-corrected chi connectivity index (χ3v) is 3.93. The molecule has 1 aromatic rings. The van der Waals surface area contributed by atoms with Crippen LogP contribution < -0.4 is 0 Å². The van der Waals surface area contributed by atoms with E-state index in [9.17, 15) is 0 Å². The molecule has 0 amide bonds. The van der Waals surface area contributed by atoms with Crippen LogP contribution in [0.15, 0.2) is 24.3 Å². The summed E-state index contributed by atoms with van der Waals surface area (Å²) in [7, 11) is 0. The molecule has 1 aromatic carbocycles. The first-order valence-electron chi connectivity index (χ1n) is 6.12. The lowest BCUT2D eigenvalue weighted by Crippen LogP contribution is -2.16. The van der Waals surface area contributed by atoms with Crippen molar-refractivity contribution >= 4 is 0 Å². The monoisotopic (exact) mass is 202 g/mol. The zero-order valence-electron chi connectivity index (χ0n) is 9.33. The molecule has 1 aliphatic carbocycles. The van der Waals surface area contributed by atoms with E-state index in [0.29, 0.717) is 6.10 Å². The van der Waals surface area contributed by atoms with Gasteiger partial charge >= 0.3 is 0 Å². The third kappa shape index (κ3) is 1.41. The molecule has 1 aliphatic heterocycles. The Hall–Kier alpha value is -0.820. The van der Waals surface area contributed by atoms with E-state index < -0.39 is 0 Å². The Morgan fingerprint density at radius 2 is 2.07 bits per heavy atom. The maximum absolute atomic E-state index is 5.92. The van der Waals surface area contributed by atoms with Crippen LogP contribution in [0.2, 0.25) is 0 Å². The number of ether oxygens (including phenoxy) is 1. The van der Waals surface area contributed by atoms with Crippen molar-refractivity contribution in [2.45, 2.75) is 50.7 Å². The summed E-state index contributed by atoms with van der Waals surface area (Å²) in [5.41, 5.74) is 2.96. The predicted octanol–water partition coefficient (Wildman–Crippen LogP) is 3.42. The number of hydrogen-bond acceptors (Lipinski definition) is 1. The highest BCUT2D eigenvalue weighted by Gasteiger charge is 2.57. The van der Waals surface area contributed by atoms with Gasteiger partial charge in [0, 0.05) is 0 Å². The van der Waals surface area contributed by atoms with Crippen molar-refractivity contribution in [1.82, 2.24) is 0 Å². The SMILES string of the molecule is CCc1ccc(C23CCCCC2O3)cc1. The molecule has 1 heteroatoms. The maximum atomic E-state index is 5.92. The topological polar surface area (TPSA) is 12.5 Å². The van der Waals surface area contributed by atoms with Gasteiger partial charge in [0.25, 0.3) is 0 Å². The molecule has 2 aliphatic rings. The van der Waals surface area contributed by atoms with Crippen LogP contribution in [0.5, 0.6) is 0 Å².